The maximum absolute atomic E-state index is 5.29. The third kappa shape index (κ3) is 2.03. The largest absolute Gasteiger partial charge is 0.355 e. The van der Waals surface area contributed by atoms with Crippen molar-refractivity contribution in [1.82, 2.24) is 9.78 Å². The number of hydrogen-bond donors (Lipinski definition) is 1. The molecule has 1 aromatic rings. The van der Waals surface area contributed by atoms with E-state index in [1.54, 1.807) is 4.68 Å². The highest BCUT2D eigenvalue weighted by Gasteiger charge is 2.02. The molecular weight excluding hydrogens is 150 g/mol. The van der Waals surface area contributed by atoms with E-state index in [0.29, 0.717) is 0 Å². The molecule has 64 valence electrons. The fraction of sp³-hybridized carbons (Fsp3) is 0.444. The average molecular weight is 163 g/mol. The van der Waals surface area contributed by atoms with Crippen molar-refractivity contribution >= 4 is 5.82 Å². The summed E-state index contributed by atoms with van der Waals surface area (Å²) < 4.78 is 1.74. The minimum atomic E-state index is 0.0832. The first kappa shape index (κ1) is 8.66. The molecule has 0 radical (unpaired) electrons. The Labute approximate surface area is 72.8 Å². The summed E-state index contributed by atoms with van der Waals surface area (Å²) >= 11 is 0. The number of rotatable bonds is 3. The Morgan fingerprint density at radius 3 is 3.00 bits per heavy atom. The van der Waals surface area contributed by atoms with E-state index in [2.05, 4.69) is 16.3 Å². The first-order chi connectivity index (χ1) is 5.76. The lowest BCUT2D eigenvalue weighted by molar-refractivity contribution is 0.760. The second-order valence-corrected chi connectivity index (χ2v) is 2.65. The summed E-state index contributed by atoms with van der Waals surface area (Å²) in [5.41, 5.74) is 0. The summed E-state index contributed by atoms with van der Waals surface area (Å²) in [6, 6.07) is 1.99. The highest BCUT2D eigenvalue weighted by Crippen LogP contribution is 2.04. The number of terminal acetylenes is 1. The Hall–Kier alpha value is -1.43. The van der Waals surface area contributed by atoms with Crippen LogP contribution < -0.4 is 5.32 Å². The molecule has 1 atom stereocenters. The third-order valence-electron chi connectivity index (χ3n) is 1.65. The van der Waals surface area contributed by atoms with Crippen LogP contribution in [0, 0.1) is 12.3 Å². The van der Waals surface area contributed by atoms with Crippen LogP contribution in [0.5, 0.6) is 0 Å². The molecule has 0 spiro atoms. The predicted molar refractivity (Wildman–Crippen MR) is 49.7 cm³/mol. The molecule has 0 aliphatic heterocycles. The normalized spacial score (nSPS) is 12.1. The van der Waals surface area contributed by atoms with Crippen molar-refractivity contribution in [2.24, 2.45) is 7.05 Å². The minimum Gasteiger partial charge on any atom is -0.355 e. The smallest absolute Gasteiger partial charge is 0.148 e. The molecule has 0 saturated heterocycles. The van der Waals surface area contributed by atoms with Crippen molar-refractivity contribution in [2.75, 3.05) is 5.32 Å². The van der Waals surface area contributed by atoms with Crippen LogP contribution in [0.3, 0.4) is 0 Å². The summed E-state index contributed by atoms with van der Waals surface area (Å²) in [5, 5.41) is 7.29. The number of nitrogens with one attached hydrogen (secondary N) is 1. The van der Waals surface area contributed by atoms with Crippen molar-refractivity contribution in [1.29, 1.82) is 0 Å². The zero-order valence-electron chi connectivity index (χ0n) is 7.41. The Kier molecular flexibility index (Phi) is 2.76. The number of hydrogen-bond acceptors (Lipinski definition) is 2. The molecule has 1 aromatic heterocycles. The van der Waals surface area contributed by atoms with E-state index in [0.717, 1.165) is 12.2 Å². The van der Waals surface area contributed by atoms with Gasteiger partial charge in [-0.3, -0.25) is 4.68 Å². The summed E-state index contributed by atoms with van der Waals surface area (Å²) in [6.07, 6.45) is 8.08. The first-order valence-electron chi connectivity index (χ1n) is 3.98. The van der Waals surface area contributed by atoms with E-state index in [9.17, 15) is 0 Å². The second kappa shape index (κ2) is 3.82. The molecule has 0 amide bonds. The van der Waals surface area contributed by atoms with Gasteiger partial charge in [0, 0.05) is 19.3 Å². The standard InChI is InChI=1S/C9H13N3/c1-4-8(5-2)10-9-6-7-12(3)11-9/h1,6-8H,5H2,2-3H3,(H,10,11). The lowest BCUT2D eigenvalue weighted by Crippen LogP contribution is -2.16. The molecule has 3 heteroatoms. The molecule has 0 aromatic carbocycles. The Morgan fingerprint density at radius 2 is 2.58 bits per heavy atom. The Bertz CT molecular complexity index is 282. The fourth-order valence-electron chi connectivity index (χ4n) is 0.932. The van der Waals surface area contributed by atoms with E-state index < -0.39 is 0 Å². The van der Waals surface area contributed by atoms with Gasteiger partial charge in [-0.05, 0) is 6.42 Å². The number of aryl methyl sites for hydroxylation is 1. The summed E-state index contributed by atoms with van der Waals surface area (Å²) in [6.45, 7) is 2.04. The van der Waals surface area contributed by atoms with Crippen LogP contribution in [0.4, 0.5) is 5.82 Å². The van der Waals surface area contributed by atoms with E-state index in [4.69, 9.17) is 6.42 Å². The Balaban J connectivity index is 2.58. The van der Waals surface area contributed by atoms with E-state index in [-0.39, 0.29) is 6.04 Å². The van der Waals surface area contributed by atoms with Gasteiger partial charge in [-0.25, -0.2) is 0 Å². The summed E-state index contributed by atoms with van der Waals surface area (Å²) in [4.78, 5) is 0. The summed E-state index contributed by atoms with van der Waals surface area (Å²) in [5.74, 6) is 3.48. The average Bonchev–Trinajstić information content (AvgIpc) is 2.47. The number of anilines is 1. The van der Waals surface area contributed by atoms with Gasteiger partial charge < -0.3 is 5.32 Å². The van der Waals surface area contributed by atoms with Gasteiger partial charge >= 0.3 is 0 Å². The van der Waals surface area contributed by atoms with Crippen LogP contribution >= 0.6 is 0 Å². The predicted octanol–water partition coefficient (Wildman–Crippen LogP) is 1.24. The fourth-order valence-corrected chi connectivity index (χ4v) is 0.932. The molecule has 0 fully saturated rings. The molecule has 1 N–H and O–H groups in total. The number of nitrogens with zero attached hydrogens (tertiary/aromatic N) is 2. The Morgan fingerprint density at radius 1 is 1.83 bits per heavy atom. The molecular formula is C9H13N3. The topological polar surface area (TPSA) is 29.9 Å². The highest BCUT2D eigenvalue weighted by atomic mass is 15.3. The lowest BCUT2D eigenvalue weighted by atomic mass is 10.2. The SMILES string of the molecule is C#CC(CC)Nc1ccn(C)n1. The number of aromatic nitrogens is 2. The van der Waals surface area contributed by atoms with Crippen molar-refractivity contribution in [3.63, 3.8) is 0 Å². The van der Waals surface area contributed by atoms with Gasteiger partial charge in [0.15, 0.2) is 0 Å². The molecule has 1 heterocycles. The van der Waals surface area contributed by atoms with Gasteiger partial charge in [0.1, 0.15) is 5.82 Å². The van der Waals surface area contributed by atoms with Crippen molar-refractivity contribution in [3.05, 3.63) is 12.3 Å². The van der Waals surface area contributed by atoms with Crippen LogP contribution in [0.1, 0.15) is 13.3 Å². The highest BCUT2D eigenvalue weighted by molar-refractivity contribution is 5.36. The lowest BCUT2D eigenvalue weighted by Gasteiger charge is -2.08. The van der Waals surface area contributed by atoms with Gasteiger partial charge in [-0.2, -0.15) is 5.10 Å². The van der Waals surface area contributed by atoms with Gasteiger partial charge in [0.2, 0.25) is 0 Å². The molecule has 3 nitrogen and oxygen atoms in total. The quantitative estimate of drug-likeness (QED) is 0.679. The molecule has 0 aliphatic rings. The van der Waals surface area contributed by atoms with Crippen LogP contribution in [-0.4, -0.2) is 15.8 Å². The van der Waals surface area contributed by atoms with Gasteiger partial charge in [0.25, 0.3) is 0 Å². The zero-order chi connectivity index (χ0) is 8.97. The maximum Gasteiger partial charge on any atom is 0.148 e. The zero-order valence-corrected chi connectivity index (χ0v) is 7.41. The van der Waals surface area contributed by atoms with Crippen molar-refractivity contribution in [3.8, 4) is 12.3 Å². The molecule has 1 rings (SSSR count). The van der Waals surface area contributed by atoms with Gasteiger partial charge in [-0.1, -0.05) is 12.8 Å². The second-order valence-electron chi connectivity index (χ2n) is 2.65. The maximum atomic E-state index is 5.29. The van der Waals surface area contributed by atoms with Crippen molar-refractivity contribution < 1.29 is 0 Å². The van der Waals surface area contributed by atoms with E-state index in [1.807, 2.05) is 26.2 Å². The van der Waals surface area contributed by atoms with Crippen molar-refractivity contribution in [2.45, 2.75) is 19.4 Å². The summed E-state index contributed by atoms with van der Waals surface area (Å²) in [7, 11) is 1.88. The monoisotopic (exact) mass is 163 g/mol. The minimum absolute atomic E-state index is 0.0832. The van der Waals surface area contributed by atoms with Gasteiger partial charge in [-0.15, -0.1) is 6.42 Å². The molecule has 0 aliphatic carbocycles. The first-order valence-corrected chi connectivity index (χ1v) is 3.98. The van der Waals surface area contributed by atoms with Crippen LogP contribution in [0.2, 0.25) is 0 Å². The van der Waals surface area contributed by atoms with Crippen LogP contribution in [-0.2, 0) is 7.05 Å². The molecule has 12 heavy (non-hydrogen) atoms. The molecule has 0 bridgehead atoms. The third-order valence-corrected chi connectivity index (χ3v) is 1.65. The van der Waals surface area contributed by atoms with E-state index in [1.165, 1.54) is 0 Å². The van der Waals surface area contributed by atoms with Crippen LogP contribution in [0.25, 0.3) is 0 Å². The van der Waals surface area contributed by atoms with E-state index >= 15 is 0 Å². The van der Waals surface area contributed by atoms with Crippen LogP contribution in [0.15, 0.2) is 12.3 Å². The molecule has 1 unspecified atom stereocenters. The molecule has 0 saturated carbocycles. The van der Waals surface area contributed by atoms with Gasteiger partial charge in [0.05, 0.1) is 6.04 Å².